The zero-order valence-corrected chi connectivity index (χ0v) is 13.3. The molecular weight excluding hydrogens is 264 g/mol. The van der Waals surface area contributed by atoms with Gasteiger partial charge in [-0.3, -0.25) is 0 Å². The topological polar surface area (TPSA) is 47.7 Å². The molecule has 1 aliphatic heterocycles. The van der Waals surface area contributed by atoms with E-state index in [2.05, 4.69) is 24.1 Å². The number of methoxy groups -OCH3 is 1. The Bertz CT molecular complexity index is 429. The summed E-state index contributed by atoms with van der Waals surface area (Å²) in [6.07, 6.45) is 5.70. The fourth-order valence-corrected chi connectivity index (χ4v) is 2.72. The highest BCUT2D eigenvalue weighted by atomic mass is 16.5. The van der Waals surface area contributed by atoms with Gasteiger partial charge in [-0.25, -0.2) is 0 Å². The molecule has 1 fully saturated rings. The van der Waals surface area contributed by atoms with E-state index in [1.807, 2.05) is 6.07 Å². The number of piperidine rings is 1. The second kappa shape index (κ2) is 8.25. The van der Waals surface area contributed by atoms with Gasteiger partial charge in [-0.2, -0.15) is 0 Å². The first-order valence-electron chi connectivity index (χ1n) is 7.95. The lowest BCUT2D eigenvalue weighted by atomic mass is 10.1. The van der Waals surface area contributed by atoms with Crippen LogP contribution < -0.4 is 15.2 Å². The molecule has 21 heavy (non-hydrogen) atoms. The van der Waals surface area contributed by atoms with Crippen LogP contribution >= 0.6 is 0 Å². The van der Waals surface area contributed by atoms with E-state index in [1.54, 1.807) is 7.11 Å². The van der Waals surface area contributed by atoms with Crippen molar-refractivity contribution < 1.29 is 9.47 Å². The van der Waals surface area contributed by atoms with Crippen LogP contribution in [0, 0.1) is 0 Å². The molecule has 2 rings (SSSR count). The minimum Gasteiger partial charge on any atom is -0.493 e. The molecular formula is C17H28N2O2. The molecule has 1 aliphatic rings. The summed E-state index contributed by atoms with van der Waals surface area (Å²) in [7, 11) is 3.86. The van der Waals surface area contributed by atoms with E-state index in [9.17, 15) is 0 Å². The number of nitrogens with two attached hydrogens (primary N) is 1. The Morgan fingerprint density at radius 3 is 2.62 bits per heavy atom. The number of hydrogen-bond acceptors (Lipinski definition) is 4. The minimum atomic E-state index is 0.300. The smallest absolute Gasteiger partial charge is 0.161 e. The van der Waals surface area contributed by atoms with E-state index in [1.165, 1.54) is 5.56 Å². The van der Waals surface area contributed by atoms with Crippen molar-refractivity contribution in [1.29, 1.82) is 0 Å². The molecule has 0 saturated carbocycles. The Morgan fingerprint density at radius 1 is 1.19 bits per heavy atom. The van der Waals surface area contributed by atoms with E-state index in [-0.39, 0.29) is 0 Å². The maximum Gasteiger partial charge on any atom is 0.161 e. The number of hydrogen-bond donors (Lipinski definition) is 1. The Kier molecular flexibility index (Phi) is 6.33. The summed E-state index contributed by atoms with van der Waals surface area (Å²) in [5.41, 5.74) is 6.85. The third-order valence-electron chi connectivity index (χ3n) is 4.11. The van der Waals surface area contributed by atoms with Gasteiger partial charge >= 0.3 is 0 Å². The molecule has 0 aromatic heterocycles. The molecule has 4 heteroatoms. The Balaban J connectivity index is 1.99. The van der Waals surface area contributed by atoms with E-state index in [4.69, 9.17) is 15.2 Å². The molecule has 0 aliphatic carbocycles. The van der Waals surface area contributed by atoms with Crippen molar-refractivity contribution in [2.45, 2.75) is 38.2 Å². The lowest BCUT2D eigenvalue weighted by molar-refractivity contribution is 0.111. The third-order valence-corrected chi connectivity index (χ3v) is 4.11. The van der Waals surface area contributed by atoms with Crippen LogP contribution in [0.2, 0.25) is 0 Å². The number of nitrogens with zero attached hydrogens (tertiary/aromatic N) is 1. The van der Waals surface area contributed by atoms with Crippen LogP contribution in [0.1, 0.15) is 31.2 Å². The first kappa shape index (κ1) is 16.1. The lowest BCUT2D eigenvalue weighted by Gasteiger charge is -2.29. The zero-order valence-electron chi connectivity index (χ0n) is 13.3. The van der Waals surface area contributed by atoms with Gasteiger partial charge in [-0.1, -0.05) is 6.07 Å². The molecule has 0 spiro atoms. The van der Waals surface area contributed by atoms with Crippen LogP contribution in [0.25, 0.3) is 0 Å². The molecule has 0 atom stereocenters. The van der Waals surface area contributed by atoms with Crippen LogP contribution in [0.3, 0.4) is 0 Å². The molecule has 2 N–H and O–H groups in total. The van der Waals surface area contributed by atoms with Gasteiger partial charge in [0.05, 0.1) is 7.11 Å². The molecule has 1 aromatic rings. The second-order valence-electron chi connectivity index (χ2n) is 5.85. The fraction of sp³-hybridized carbons (Fsp3) is 0.647. The van der Waals surface area contributed by atoms with Crippen LogP contribution in [-0.2, 0) is 6.42 Å². The van der Waals surface area contributed by atoms with E-state index < -0.39 is 0 Å². The van der Waals surface area contributed by atoms with E-state index in [0.717, 1.165) is 63.2 Å². The number of aryl methyl sites for hydroxylation is 1. The minimum absolute atomic E-state index is 0.300. The van der Waals surface area contributed by atoms with Gasteiger partial charge in [0, 0.05) is 13.1 Å². The number of unbranched alkanes of at least 4 members (excludes halogenated alkanes) is 1. The molecule has 0 amide bonds. The Morgan fingerprint density at radius 2 is 1.95 bits per heavy atom. The quantitative estimate of drug-likeness (QED) is 0.784. The molecule has 4 nitrogen and oxygen atoms in total. The number of benzene rings is 1. The molecule has 0 radical (unpaired) electrons. The fourth-order valence-electron chi connectivity index (χ4n) is 2.72. The van der Waals surface area contributed by atoms with Crippen LogP contribution in [0.4, 0.5) is 0 Å². The summed E-state index contributed by atoms with van der Waals surface area (Å²) in [5.74, 6) is 1.72. The number of ether oxygens (including phenoxy) is 2. The van der Waals surface area contributed by atoms with Gasteiger partial charge in [0.1, 0.15) is 6.10 Å². The maximum atomic E-state index is 6.20. The SMILES string of the molecule is COc1ccc(CCCCN)cc1OC1CCN(C)CC1. The van der Waals surface area contributed by atoms with Gasteiger partial charge in [0.25, 0.3) is 0 Å². The summed E-state index contributed by atoms with van der Waals surface area (Å²) in [6, 6.07) is 6.27. The monoisotopic (exact) mass is 292 g/mol. The van der Waals surface area contributed by atoms with Gasteiger partial charge in [0.15, 0.2) is 11.5 Å². The van der Waals surface area contributed by atoms with Crippen molar-refractivity contribution in [3.63, 3.8) is 0 Å². The summed E-state index contributed by atoms with van der Waals surface area (Å²) in [4.78, 5) is 2.35. The summed E-state index contributed by atoms with van der Waals surface area (Å²) in [5, 5.41) is 0. The first-order valence-corrected chi connectivity index (χ1v) is 7.95. The standard InChI is InChI=1S/C17H28N2O2/c1-19-11-8-15(9-12-19)21-17-13-14(5-3-4-10-18)6-7-16(17)20-2/h6-7,13,15H,3-5,8-12,18H2,1-2H3. The average molecular weight is 292 g/mol. The van der Waals surface area contributed by atoms with Crippen molar-refractivity contribution in [2.24, 2.45) is 5.73 Å². The molecule has 1 aromatic carbocycles. The Labute approximate surface area is 128 Å². The first-order chi connectivity index (χ1) is 10.2. The van der Waals surface area contributed by atoms with Crippen LogP contribution in [0.5, 0.6) is 11.5 Å². The molecule has 0 unspecified atom stereocenters. The predicted molar refractivity (Wildman–Crippen MR) is 86.1 cm³/mol. The highest BCUT2D eigenvalue weighted by Crippen LogP contribution is 2.31. The van der Waals surface area contributed by atoms with Crippen molar-refractivity contribution in [3.05, 3.63) is 23.8 Å². The Hall–Kier alpha value is -1.26. The van der Waals surface area contributed by atoms with Gasteiger partial charge in [-0.05, 0) is 63.4 Å². The summed E-state index contributed by atoms with van der Waals surface area (Å²) >= 11 is 0. The van der Waals surface area contributed by atoms with Gasteiger partial charge in [-0.15, -0.1) is 0 Å². The van der Waals surface area contributed by atoms with Gasteiger partial charge < -0.3 is 20.1 Å². The van der Waals surface area contributed by atoms with Crippen LogP contribution in [0.15, 0.2) is 18.2 Å². The highest BCUT2D eigenvalue weighted by molar-refractivity contribution is 5.43. The highest BCUT2D eigenvalue weighted by Gasteiger charge is 2.19. The molecule has 1 saturated heterocycles. The van der Waals surface area contributed by atoms with Crippen molar-refractivity contribution in [2.75, 3.05) is 33.8 Å². The van der Waals surface area contributed by atoms with Crippen LogP contribution in [-0.4, -0.2) is 44.8 Å². The average Bonchev–Trinajstić information content (AvgIpc) is 2.50. The van der Waals surface area contributed by atoms with E-state index >= 15 is 0 Å². The van der Waals surface area contributed by atoms with Gasteiger partial charge in [0.2, 0.25) is 0 Å². The normalized spacial score (nSPS) is 16.9. The third kappa shape index (κ3) is 4.90. The van der Waals surface area contributed by atoms with Crippen molar-refractivity contribution >= 4 is 0 Å². The van der Waals surface area contributed by atoms with Crippen molar-refractivity contribution in [1.82, 2.24) is 4.90 Å². The number of likely N-dealkylation sites (tertiary alicyclic amines) is 1. The maximum absolute atomic E-state index is 6.20. The lowest BCUT2D eigenvalue weighted by Crippen LogP contribution is -2.35. The molecule has 0 bridgehead atoms. The predicted octanol–water partition coefficient (Wildman–Crippen LogP) is 2.45. The summed E-state index contributed by atoms with van der Waals surface area (Å²) < 4.78 is 11.6. The van der Waals surface area contributed by atoms with E-state index in [0.29, 0.717) is 6.10 Å². The molecule has 1 heterocycles. The largest absolute Gasteiger partial charge is 0.493 e. The number of rotatable bonds is 7. The zero-order chi connectivity index (χ0) is 15.1. The van der Waals surface area contributed by atoms with Crippen molar-refractivity contribution in [3.8, 4) is 11.5 Å². The summed E-state index contributed by atoms with van der Waals surface area (Å²) in [6.45, 7) is 2.96. The second-order valence-corrected chi connectivity index (χ2v) is 5.85. The molecule has 118 valence electrons.